The monoisotopic (exact) mass is 333 g/mol. The van der Waals surface area contributed by atoms with Crippen LogP contribution in [0.1, 0.15) is 37.5 Å². The fraction of sp³-hybridized carbons (Fsp3) is 0.304. The van der Waals surface area contributed by atoms with E-state index in [9.17, 15) is 0 Å². The Morgan fingerprint density at radius 1 is 0.840 bits per heavy atom. The van der Waals surface area contributed by atoms with Gasteiger partial charge in [0.25, 0.3) is 0 Å². The number of ether oxygens (including phenoxy) is 1. The van der Waals surface area contributed by atoms with Crippen molar-refractivity contribution in [1.82, 2.24) is 5.32 Å². The lowest BCUT2D eigenvalue weighted by Crippen LogP contribution is -2.15. The lowest BCUT2D eigenvalue weighted by atomic mass is 9.87. The highest BCUT2D eigenvalue weighted by atomic mass is 16.5. The molecule has 0 aliphatic carbocycles. The van der Waals surface area contributed by atoms with E-state index in [4.69, 9.17) is 4.74 Å². The van der Waals surface area contributed by atoms with E-state index in [2.05, 4.69) is 86.8 Å². The molecule has 0 fully saturated rings. The molecular weight excluding hydrogens is 306 g/mol. The van der Waals surface area contributed by atoms with Gasteiger partial charge in [-0.15, -0.1) is 0 Å². The molecule has 3 aromatic carbocycles. The van der Waals surface area contributed by atoms with Crippen LogP contribution in [0.4, 0.5) is 0 Å². The quantitative estimate of drug-likeness (QED) is 0.671. The van der Waals surface area contributed by atoms with Crippen molar-refractivity contribution in [2.24, 2.45) is 0 Å². The summed E-state index contributed by atoms with van der Waals surface area (Å²) in [5.74, 6) is 0.939. The molecule has 0 radical (unpaired) electrons. The van der Waals surface area contributed by atoms with E-state index in [-0.39, 0.29) is 5.41 Å². The maximum Gasteiger partial charge on any atom is 0.123 e. The third-order valence-corrected chi connectivity index (χ3v) is 4.67. The summed E-state index contributed by atoms with van der Waals surface area (Å²) in [6.45, 7) is 8.36. The molecule has 2 heteroatoms. The highest BCUT2D eigenvalue weighted by Gasteiger charge is 2.13. The summed E-state index contributed by atoms with van der Waals surface area (Å²) < 4.78 is 5.57. The summed E-state index contributed by atoms with van der Waals surface area (Å²) in [5.41, 5.74) is 4.08. The molecule has 3 rings (SSSR count). The molecule has 0 heterocycles. The first kappa shape index (κ1) is 17.5. The highest BCUT2D eigenvalue weighted by molar-refractivity contribution is 5.87. The van der Waals surface area contributed by atoms with Gasteiger partial charge in [-0.3, -0.25) is 0 Å². The lowest BCUT2D eigenvalue weighted by molar-refractivity contribution is 0.408. The Balaban J connectivity index is 1.73. The van der Waals surface area contributed by atoms with E-state index in [1.807, 2.05) is 0 Å². The lowest BCUT2D eigenvalue weighted by Gasteiger charge is -2.19. The van der Waals surface area contributed by atoms with Crippen molar-refractivity contribution >= 4 is 10.8 Å². The molecule has 0 aromatic heterocycles. The highest BCUT2D eigenvalue weighted by Crippen LogP contribution is 2.28. The van der Waals surface area contributed by atoms with E-state index in [1.54, 1.807) is 7.11 Å². The third kappa shape index (κ3) is 4.02. The Bertz CT molecular complexity index is 844. The Morgan fingerprint density at radius 2 is 1.56 bits per heavy atom. The van der Waals surface area contributed by atoms with Gasteiger partial charge >= 0.3 is 0 Å². The van der Waals surface area contributed by atoms with Crippen LogP contribution in [0.5, 0.6) is 5.75 Å². The molecule has 0 bridgehead atoms. The van der Waals surface area contributed by atoms with Gasteiger partial charge in [0.05, 0.1) is 7.11 Å². The molecule has 0 aliphatic rings. The first-order valence-corrected chi connectivity index (χ1v) is 8.84. The standard InChI is InChI=1S/C23H27NO/c1-23(2,3)19-12-9-17(10-13-19)15-24-16-21-20-8-6-5-7-18(20)11-14-22(21)25-4/h5-14,24H,15-16H2,1-4H3. The molecule has 2 nitrogen and oxygen atoms in total. The number of fused-ring (bicyclic) bond motifs is 1. The predicted molar refractivity (Wildman–Crippen MR) is 106 cm³/mol. The first-order chi connectivity index (χ1) is 12.0. The minimum Gasteiger partial charge on any atom is -0.496 e. The van der Waals surface area contributed by atoms with Crippen molar-refractivity contribution in [3.8, 4) is 5.75 Å². The minimum absolute atomic E-state index is 0.197. The van der Waals surface area contributed by atoms with Crippen molar-refractivity contribution in [2.45, 2.75) is 39.3 Å². The topological polar surface area (TPSA) is 21.3 Å². The summed E-state index contributed by atoms with van der Waals surface area (Å²) in [4.78, 5) is 0. The number of rotatable bonds is 5. The number of hydrogen-bond donors (Lipinski definition) is 1. The van der Waals surface area contributed by atoms with Crippen LogP contribution >= 0.6 is 0 Å². The summed E-state index contributed by atoms with van der Waals surface area (Å²) in [5, 5.41) is 6.06. The van der Waals surface area contributed by atoms with Crippen molar-refractivity contribution in [3.63, 3.8) is 0 Å². The maximum absolute atomic E-state index is 5.57. The molecule has 0 aliphatic heterocycles. The largest absolute Gasteiger partial charge is 0.496 e. The maximum atomic E-state index is 5.57. The molecule has 1 N–H and O–H groups in total. The van der Waals surface area contributed by atoms with Crippen LogP contribution in [0.25, 0.3) is 10.8 Å². The van der Waals surface area contributed by atoms with Crippen LogP contribution < -0.4 is 10.1 Å². The fourth-order valence-electron chi connectivity index (χ4n) is 3.14. The number of benzene rings is 3. The Hall–Kier alpha value is -2.32. The smallest absolute Gasteiger partial charge is 0.123 e. The van der Waals surface area contributed by atoms with E-state index in [0.717, 1.165) is 18.8 Å². The van der Waals surface area contributed by atoms with Crippen molar-refractivity contribution in [3.05, 3.63) is 77.4 Å². The van der Waals surface area contributed by atoms with Gasteiger partial charge in [-0.25, -0.2) is 0 Å². The SMILES string of the molecule is COc1ccc2ccccc2c1CNCc1ccc(C(C)(C)C)cc1. The normalized spacial score (nSPS) is 11.7. The van der Waals surface area contributed by atoms with Crippen molar-refractivity contribution in [1.29, 1.82) is 0 Å². The summed E-state index contributed by atoms with van der Waals surface area (Å²) in [6, 6.07) is 21.5. The Kier molecular flexibility index (Phi) is 5.10. The molecule has 0 saturated heterocycles. The molecule has 25 heavy (non-hydrogen) atoms. The second kappa shape index (κ2) is 7.28. The van der Waals surface area contributed by atoms with Crippen molar-refractivity contribution < 1.29 is 4.74 Å². The number of nitrogens with one attached hydrogen (secondary N) is 1. The van der Waals surface area contributed by atoms with E-state index in [1.165, 1.54) is 27.5 Å². The number of hydrogen-bond acceptors (Lipinski definition) is 2. The van der Waals surface area contributed by atoms with E-state index < -0.39 is 0 Å². The van der Waals surface area contributed by atoms with Gasteiger partial charge in [-0.1, -0.05) is 75.4 Å². The summed E-state index contributed by atoms with van der Waals surface area (Å²) in [6.07, 6.45) is 0. The molecule has 0 atom stereocenters. The molecule has 0 unspecified atom stereocenters. The zero-order chi connectivity index (χ0) is 17.9. The average molecular weight is 333 g/mol. The van der Waals surface area contributed by atoms with Gasteiger partial charge < -0.3 is 10.1 Å². The van der Waals surface area contributed by atoms with Crippen LogP contribution in [0.15, 0.2) is 60.7 Å². The fourth-order valence-corrected chi connectivity index (χ4v) is 3.14. The second-order valence-corrected chi connectivity index (χ2v) is 7.52. The van der Waals surface area contributed by atoms with Crippen molar-refractivity contribution in [2.75, 3.05) is 7.11 Å². The van der Waals surface area contributed by atoms with Gasteiger partial charge in [0, 0.05) is 18.7 Å². The van der Waals surface area contributed by atoms with Gasteiger partial charge in [-0.05, 0) is 33.4 Å². The first-order valence-electron chi connectivity index (χ1n) is 8.84. The summed E-state index contributed by atoms with van der Waals surface area (Å²) in [7, 11) is 1.73. The molecule has 0 spiro atoms. The minimum atomic E-state index is 0.197. The second-order valence-electron chi connectivity index (χ2n) is 7.52. The molecule has 3 aromatic rings. The van der Waals surface area contributed by atoms with Crippen LogP contribution in [0, 0.1) is 0 Å². The van der Waals surface area contributed by atoms with E-state index in [0.29, 0.717) is 0 Å². The third-order valence-electron chi connectivity index (χ3n) is 4.67. The van der Waals surface area contributed by atoms with Crippen LogP contribution in [0.2, 0.25) is 0 Å². The van der Waals surface area contributed by atoms with Gasteiger partial charge in [0.1, 0.15) is 5.75 Å². The van der Waals surface area contributed by atoms with Crippen LogP contribution in [-0.2, 0) is 18.5 Å². The molecular formula is C23H27NO. The van der Waals surface area contributed by atoms with E-state index >= 15 is 0 Å². The number of methoxy groups -OCH3 is 1. The molecule has 0 saturated carbocycles. The average Bonchev–Trinajstić information content (AvgIpc) is 2.61. The van der Waals surface area contributed by atoms with Gasteiger partial charge in [0.15, 0.2) is 0 Å². The van der Waals surface area contributed by atoms with Crippen LogP contribution in [0.3, 0.4) is 0 Å². The predicted octanol–water partition coefficient (Wildman–Crippen LogP) is 5.44. The zero-order valence-corrected chi connectivity index (χ0v) is 15.6. The molecule has 130 valence electrons. The molecule has 0 amide bonds. The summed E-state index contributed by atoms with van der Waals surface area (Å²) >= 11 is 0. The zero-order valence-electron chi connectivity index (χ0n) is 15.6. The van der Waals surface area contributed by atoms with Crippen LogP contribution in [-0.4, -0.2) is 7.11 Å². The Morgan fingerprint density at radius 3 is 2.24 bits per heavy atom. The Labute approximate surface area is 150 Å². The van der Waals surface area contributed by atoms with Gasteiger partial charge in [0.2, 0.25) is 0 Å². The van der Waals surface area contributed by atoms with Gasteiger partial charge in [-0.2, -0.15) is 0 Å².